The first kappa shape index (κ1) is 17.5. The van der Waals surface area contributed by atoms with Crippen LogP contribution in [-0.2, 0) is 9.53 Å². The van der Waals surface area contributed by atoms with Crippen molar-refractivity contribution in [1.82, 2.24) is 4.90 Å². The van der Waals surface area contributed by atoms with E-state index in [-0.39, 0.29) is 18.4 Å². The van der Waals surface area contributed by atoms with Gasteiger partial charge in [-0.2, -0.15) is 0 Å². The Morgan fingerprint density at radius 2 is 1.70 bits per heavy atom. The number of amides is 2. The van der Waals surface area contributed by atoms with E-state index in [1.165, 1.54) is 29.2 Å². The van der Waals surface area contributed by atoms with Crippen LogP contribution in [-0.4, -0.2) is 55.7 Å². The fourth-order valence-electron chi connectivity index (χ4n) is 3.29. The average molecular weight is 370 g/mol. The minimum Gasteiger partial charge on any atom is -0.476 e. The number of fused-ring (bicyclic) bond motifs is 1. The molecule has 0 saturated carbocycles. The molecule has 2 amide bonds. The number of morpholine rings is 1. The Bertz CT molecular complexity index is 849. The average Bonchev–Trinajstić information content (AvgIpc) is 2.73. The first-order valence-electron chi connectivity index (χ1n) is 8.83. The van der Waals surface area contributed by atoms with Crippen molar-refractivity contribution in [2.45, 2.75) is 6.10 Å². The molecule has 1 unspecified atom stereocenters. The van der Waals surface area contributed by atoms with Crippen molar-refractivity contribution in [1.29, 1.82) is 0 Å². The molecule has 1 atom stereocenters. The Hall–Kier alpha value is -2.93. The number of carbonyl (C=O) groups excluding carboxylic acids is 2. The number of rotatable bonds is 2. The van der Waals surface area contributed by atoms with E-state index in [4.69, 9.17) is 9.47 Å². The van der Waals surface area contributed by atoms with E-state index >= 15 is 0 Å². The normalized spacial score (nSPS) is 19.2. The van der Waals surface area contributed by atoms with Gasteiger partial charge in [0.15, 0.2) is 6.10 Å². The van der Waals surface area contributed by atoms with Gasteiger partial charge in [0.2, 0.25) is 0 Å². The van der Waals surface area contributed by atoms with Crippen molar-refractivity contribution in [2.75, 3.05) is 37.7 Å². The van der Waals surface area contributed by atoms with E-state index in [2.05, 4.69) is 0 Å². The Morgan fingerprint density at radius 3 is 2.44 bits per heavy atom. The number of halogens is 1. The van der Waals surface area contributed by atoms with Gasteiger partial charge in [0.1, 0.15) is 11.6 Å². The molecule has 2 aromatic carbocycles. The largest absolute Gasteiger partial charge is 0.476 e. The van der Waals surface area contributed by atoms with Gasteiger partial charge >= 0.3 is 0 Å². The van der Waals surface area contributed by atoms with Gasteiger partial charge in [0.25, 0.3) is 11.8 Å². The summed E-state index contributed by atoms with van der Waals surface area (Å²) in [4.78, 5) is 29.1. The molecule has 2 heterocycles. The zero-order chi connectivity index (χ0) is 18.8. The molecule has 2 aromatic rings. The maximum atomic E-state index is 13.2. The number of para-hydroxylation sites is 2. The maximum absolute atomic E-state index is 13.2. The molecule has 0 bridgehead atoms. The maximum Gasteiger partial charge on any atom is 0.265 e. The molecule has 27 heavy (non-hydrogen) atoms. The highest BCUT2D eigenvalue weighted by molar-refractivity contribution is 6.07. The van der Waals surface area contributed by atoms with Crippen LogP contribution in [0.15, 0.2) is 48.5 Å². The van der Waals surface area contributed by atoms with Crippen molar-refractivity contribution in [2.24, 2.45) is 0 Å². The van der Waals surface area contributed by atoms with E-state index in [0.29, 0.717) is 43.3 Å². The van der Waals surface area contributed by atoms with Crippen LogP contribution in [0.5, 0.6) is 5.75 Å². The highest BCUT2D eigenvalue weighted by atomic mass is 19.1. The molecule has 7 heteroatoms. The summed E-state index contributed by atoms with van der Waals surface area (Å²) in [5.74, 6) is -0.393. The minimum absolute atomic E-state index is 0.101. The summed E-state index contributed by atoms with van der Waals surface area (Å²) >= 11 is 0. The summed E-state index contributed by atoms with van der Waals surface area (Å²) in [5, 5.41) is 0. The summed E-state index contributed by atoms with van der Waals surface area (Å²) in [6.45, 7) is 2.10. The standard InChI is InChI=1S/C20H19FN2O4/c21-15-7-5-14(6-8-15)19(24)23-13-18(20(25)22-9-11-26-12-10-22)27-17-4-2-1-3-16(17)23/h1-8,18H,9-13H2. The van der Waals surface area contributed by atoms with Crippen molar-refractivity contribution in [3.8, 4) is 5.75 Å². The lowest BCUT2D eigenvalue weighted by molar-refractivity contribution is -0.142. The van der Waals surface area contributed by atoms with Crippen LogP contribution in [0.2, 0.25) is 0 Å². The van der Waals surface area contributed by atoms with Crippen LogP contribution in [0.3, 0.4) is 0 Å². The fraction of sp³-hybridized carbons (Fsp3) is 0.300. The smallest absolute Gasteiger partial charge is 0.265 e. The van der Waals surface area contributed by atoms with E-state index in [9.17, 15) is 14.0 Å². The monoisotopic (exact) mass is 370 g/mol. The second-order valence-corrected chi connectivity index (χ2v) is 6.43. The topological polar surface area (TPSA) is 59.1 Å². The molecular formula is C20H19FN2O4. The lowest BCUT2D eigenvalue weighted by Crippen LogP contribution is -2.54. The van der Waals surface area contributed by atoms with Crippen molar-refractivity contribution >= 4 is 17.5 Å². The van der Waals surface area contributed by atoms with E-state index in [0.717, 1.165) is 0 Å². The zero-order valence-electron chi connectivity index (χ0n) is 14.6. The Labute approximate surface area is 156 Å². The lowest BCUT2D eigenvalue weighted by atomic mass is 10.1. The van der Waals surface area contributed by atoms with E-state index in [1.54, 1.807) is 29.2 Å². The van der Waals surface area contributed by atoms with Gasteiger partial charge in [0.05, 0.1) is 25.4 Å². The summed E-state index contributed by atoms with van der Waals surface area (Å²) in [6.07, 6.45) is -0.789. The van der Waals surface area contributed by atoms with Gasteiger partial charge in [-0.1, -0.05) is 12.1 Å². The molecule has 1 fully saturated rings. The molecule has 0 aliphatic carbocycles. The number of ether oxygens (including phenoxy) is 2. The second kappa shape index (κ2) is 7.36. The number of anilines is 1. The highest BCUT2D eigenvalue weighted by Gasteiger charge is 2.36. The number of hydrogen-bond acceptors (Lipinski definition) is 4. The van der Waals surface area contributed by atoms with Crippen LogP contribution in [0.4, 0.5) is 10.1 Å². The molecule has 0 spiro atoms. The van der Waals surface area contributed by atoms with E-state index in [1.807, 2.05) is 0 Å². The first-order chi connectivity index (χ1) is 13.1. The molecule has 2 aliphatic rings. The van der Waals surface area contributed by atoms with Crippen LogP contribution >= 0.6 is 0 Å². The van der Waals surface area contributed by atoms with Crippen molar-refractivity contribution in [3.63, 3.8) is 0 Å². The van der Waals surface area contributed by atoms with Gasteiger partial charge in [0, 0.05) is 18.7 Å². The van der Waals surface area contributed by atoms with Crippen LogP contribution < -0.4 is 9.64 Å². The third-order valence-corrected chi connectivity index (χ3v) is 4.71. The van der Waals surface area contributed by atoms with E-state index < -0.39 is 11.9 Å². The van der Waals surface area contributed by atoms with Gasteiger partial charge < -0.3 is 19.3 Å². The molecule has 6 nitrogen and oxygen atoms in total. The molecular weight excluding hydrogens is 351 g/mol. The molecule has 2 aliphatic heterocycles. The van der Waals surface area contributed by atoms with Gasteiger partial charge in [-0.25, -0.2) is 4.39 Å². The SMILES string of the molecule is O=C(C1CN(C(=O)c2ccc(F)cc2)c2ccccc2O1)N1CCOCC1. The molecule has 1 saturated heterocycles. The predicted molar refractivity (Wildman–Crippen MR) is 96.3 cm³/mol. The number of hydrogen-bond donors (Lipinski definition) is 0. The van der Waals surface area contributed by atoms with Crippen LogP contribution in [0.1, 0.15) is 10.4 Å². The van der Waals surface area contributed by atoms with Gasteiger partial charge in [-0.05, 0) is 36.4 Å². The van der Waals surface area contributed by atoms with Crippen LogP contribution in [0, 0.1) is 5.82 Å². The second-order valence-electron chi connectivity index (χ2n) is 6.43. The third-order valence-electron chi connectivity index (χ3n) is 4.71. The minimum atomic E-state index is -0.789. The van der Waals surface area contributed by atoms with Crippen LogP contribution in [0.25, 0.3) is 0 Å². The number of nitrogens with zero attached hydrogens (tertiary/aromatic N) is 2. The molecule has 0 radical (unpaired) electrons. The summed E-state index contributed by atoms with van der Waals surface area (Å²) in [7, 11) is 0. The summed E-state index contributed by atoms with van der Waals surface area (Å²) in [5.41, 5.74) is 0.948. The first-order valence-corrected chi connectivity index (χ1v) is 8.83. The Kier molecular flexibility index (Phi) is 4.77. The van der Waals surface area contributed by atoms with Crippen molar-refractivity contribution < 1.29 is 23.5 Å². The van der Waals surface area contributed by atoms with Crippen molar-refractivity contribution in [3.05, 3.63) is 59.9 Å². The number of benzene rings is 2. The quantitative estimate of drug-likeness (QED) is 0.812. The summed E-state index contributed by atoms with van der Waals surface area (Å²) in [6, 6.07) is 12.5. The molecule has 4 rings (SSSR count). The molecule has 0 aromatic heterocycles. The Morgan fingerprint density at radius 1 is 1.00 bits per heavy atom. The van der Waals surface area contributed by atoms with Gasteiger partial charge in [-0.3, -0.25) is 9.59 Å². The summed E-state index contributed by atoms with van der Waals surface area (Å²) < 4.78 is 24.4. The predicted octanol–water partition coefficient (Wildman–Crippen LogP) is 2.09. The highest BCUT2D eigenvalue weighted by Crippen LogP contribution is 2.34. The molecule has 140 valence electrons. The fourth-order valence-corrected chi connectivity index (χ4v) is 3.29. The zero-order valence-corrected chi connectivity index (χ0v) is 14.6. The van der Waals surface area contributed by atoms with Gasteiger partial charge in [-0.15, -0.1) is 0 Å². The molecule has 0 N–H and O–H groups in total. The Balaban J connectivity index is 1.62. The third kappa shape index (κ3) is 3.50. The number of carbonyl (C=O) groups is 2. The lowest BCUT2D eigenvalue weighted by Gasteiger charge is -2.37.